The zero-order valence-corrected chi connectivity index (χ0v) is 14.1. The Morgan fingerprint density at radius 1 is 1.24 bits per heavy atom. The Bertz CT molecular complexity index is 819. The Morgan fingerprint density at radius 2 is 2.08 bits per heavy atom. The maximum Gasteiger partial charge on any atom is 0.225 e. The average Bonchev–Trinajstić information content (AvgIpc) is 3.43. The van der Waals surface area contributed by atoms with E-state index in [1.54, 1.807) is 0 Å². The second-order valence-electron chi connectivity index (χ2n) is 7.49. The first-order valence-corrected chi connectivity index (χ1v) is 9.04. The fourth-order valence-corrected chi connectivity index (χ4v) is 4.08. The Hall–Kier alpha value is -2.27. The van der Waals surface area contributed by atoms with Gasteiger partial charge in [0, 0.05) is 36.3 Å². The van der Waals surface area contributed by atoms with Gasteiger partial charge in [-0.15, -0.1) is 0 Å². The molecule has 2 aliphatic heterocycles. The van der Waals surface area contributed by atoms with Gasteiger partial charge in [0.05, 0.1) is 24.3 Å². The molecule has 25 heavy (non-hydrogen) atoms. The monoisotopic (exact) mass is 335 g/mol. The predicted octanol–water partition coefficient (Wildman–Crippen LogP) is 2.55. The fraction of sp³-hybridized carbons (Fsp3) is 0.450. The van der Waals surface area contributed by atoms with Gasteiger partial charge in [0.1, 0.15) is 0 Å². The number of carbonyl (C=O) groups excluding carboxylic acids is 1. The Morgan fingerprint density at radius 3 is 2.88 bits per heavy atom. The molecule has 2 fully saturated rings. The highest BCUT2D eigenvalue weighted by Crippen LogP contribution is 2.41. The van der Waals surface area contributed by atoms with E-state index in [4.69, 9.17) is 9.72 Å². The summed E-state index contributed by atoms with van der Waals surface area (Å²) in [5.74, 6) is 1.35. The number of benzene rings is 1. The molecule has 2 aromatic rings. The third-order valence-corrected chi connectivity index (χ3v) is 5.63. The number of ether oxygens (including phenoxy) is 1. The number of aromatic nitrogens is 2. The minimum atomic E-state index is -0.176. The molecule has 0 N–H and O–H groups in total. The van der Waals surface area contributed by atoms with E-state index in [1.165, 1.54) is 0 Å². The number of rotatable bonds is 2. The second-order valence-corrected chi connectivity index (χ2v) is 7.49. The van der Waals surface area contributed by atoms with E-state index in [-0.39, 0.29) is 11.3 Å². The van der Waals surface area contributed by atoms with Crippen LogP contribution in [0.25, 0.3) is 11.4 Å². The molecule has 0 unspecified atom stereocenters. The van der Waals surface area contributed by atoms with Gasteiger partial charge < -0.3 is 9.64 Å². The van der Waals surface area contributed by atoms with Crippen LogP contribution in [-0.2, 0) is 21.6 Å². The van der Waals surface area contributed by atoms with Crippen LogP contribution in [-0.4, -0.2) is 40.5 Å². The fourth-order valence-electron chi connectivity index (χ4n) is 4.08. The predicted molar refractivity (Wildman–Crippen MR) is 92.7 cm³/mol. The molecule has 0 bridgehead atoms. The van der Waals surface area contributed by atoms with Gasteiger partial charge in [-0.25, -0.2) is 9.97 Å². The van der Waals surface area contributed by atoms with Crippen molar-refractivity contribution in [2.45, 2.75) is 31.3 Å². The lowest BCUT2D eigenvalue weighted by atomic mass is 9.80. The molecule has 1 saturated carbocycles. The summed E-state index contributed by atoms with van der Waals surface area (Å²) >= 11 is 0. The number of nitrogens with zero attached hydrogens (tertiary/aromatic N) is 3. The normalized spacial score (nSPS) is 25.2. The van der Waals surface area contributed by atoms with Crippen LogP contribution in [0.5, 0.6) is 0 Å². The van der Waals surface area contributed by atoms with Gasteiger partial charge in [-0.2, -0.15) is 0 Å². The zero-order valence-electron chi connectivity index (χ0n) is 14.1. The first-order valence-electron chi connectivity index (χ1n) is 9.04. The average molecular weight is 335 g/mol. The summed E-state index contributed by atoms with van der Waals surface area (Å²) in [6.07, 6.45) is 4.92. The van der Waals surface area contributed by atoms with Crippen molar-refractivity contribution in [1.29, 1.82) is 0 Å². The molecule has 5 nitrogen and oxygen atoms in total. The standard InChI is InChI=1S/C20H21N3O2/c24-19(15-6-7-15)23-9-8-20(12-23)13-25-11-16-10-21-18(22-17(16)20)14-4-2-1-3-5-14/h1-5,10,15H,6-9,11-13H2/t20-/m1/s1. The van der Waals surface area contributed by atoms with Crippen LogP contribution < -0.4 is 0 Å². The van der Waals surface area contributed by atoms with Gasteiger partial charge in [-0.1, -0.05) is 30.3 Å². The largest absolute Gasteiger partial charge is 0.376 e. The molecule has 1 spiro atoms. The molecule has 1 amide bonds. The maximum absolute atomic E-state index is 12.5. The quantitative estimate of drug-likeness (QED) is 0.846. The molecule has 1 aromatic carbocycles. The van der Waals surface area contributed by atoms with Crippen LogP contribution in [0.1, 0.15) is 30.5 Å². The Balaban J connectivity index is 1.51. The summed E-state index contributed by atoms with van der Waals surface area (Å²) < 4.78 is 5.87. The van der Waals surface area contributed by atoms with E-state index < -0.39 is 0 Å². The molecular weight excluding hydrogens is 314 g/mol. The summed E-state index contributed by atoms with van der Waals surface area (Å²) in [7, 11) is 0. The molecule has 5 rings (SSSR count). The van der Waals surface area contributed by atoms with Crippen LogP contribution in [0.4, 0.5) is 0 Å². The summed E-state index contributed by atoms with van der Waals surface area (Å²) in [4.78, 5) is 24.0. The summed E-state index contributed by atoms with van der Waals surface area (Å²) in [6, 6.07) is 10.1. The molecule has 3 heterocycles. The van der Waals surface area contributed by atoms with Gasteiger partial charge in [0.15, 0.2) is 5.82 Å². The molecule has 1 atom stereocenters. The number of hydrogen-bond acceptors (Lipinski definition) is 4. The van der Waals surface area contributed by atoms with Crippen molar-refractivity contribution < 1.29 is 9.53 Å². The van der Waals surface area contributed by atoms with Crippen LogP contribution >= 0.6 is 0 Å². The molecule has 128 valence electrons. The maximum atomic E-state index is 12.5. The number of amides is 1. The topological polar surface area (TPSA) is 55.3 Å². The number of fused-ring (bicyclic) bond motifs is 2. The van der Waals surface area contributed by atoms with Crippen molar-refractivity contribution in [3.8, 4) is 11.4 Å². The van der Waals surface area contributed by atoms with Gasteiger partial charge in [0.25, 0.3) is 0 Å². The molecule has 3 aliphatic rings. The van der Waals surface area contributed by atoms with E-state index >= 15 is 0 Å². The molecule has 0 radical (unpaired) electrons. The SMILES string of the molecule is O=C(C1CC1)N1CC[C@]2(COCc3cnc(-c4ccccc4)nc32)C1. The molecule has 1 aliphatic carbocycles. The summed E-state index contributed by atoms with van der Waals surface area (Å²) in [5.41, 5.74) is 2.99. The lowest BCUT2D eigenvalue weighted by Gasteiger charge is -2.34. The van der Waals surface area contributed by atoms with Gasteiger partial charge in [0.2, 0.25) is 5.91 Å². The number of carbonyl (C=O) groups is 1. The van der Waals surface area contributed by atoms with Crippen LogP contribution in [0.3, 0.4) is 0 Å². The Labute approximate surface area is 147 Å². The third-order valence-electron chi connectivity index (χ3n) is 5.63. The van der Waals surface area contributed by atoms with E-state index in [2.05, 4.69) is 4.98 Å². The summed E-state index contributed by atoms with van der Waals surface area (Å²) in [6.45, 7) is 2.73. The van der Waals surface area contributed by atoms with Gasteiger partial charge in [-0.3, -0.25) is 4.79 Å². The highest BCUT2D eigenvalue weighted by atomic mass is 16.5. The Kier molecular flexibility index (Phi) is 3.38. The van der Waals surface area contributed by atoms with Crippen LogP contribution in [0, 0.1) is 5.92 Å². The number of likely N-dealkylation sites (tertiary alicyclic amines) is 1. The second kappa shape index (κ2) is 5.63. The van der Waals surface area contributed by atoms with Crippen molar-refractivity contribution >= 4 is 5.91 Å². The lowest BCUT2D eigenvalue weighted by molar-refractivity contribution is -0.131. The van der Waals surface area contributed by atoms with Crippen LogP contribution in [0.15, 0.2) is 36.5 Å². The van der Waals surface area contributed by atoms with E-state index in [1.807, 2.05) is 41.4 Å². The van der Waals surface area contributed by atoms with Crippen molar-refractivity contribution in [3.05, 3.63) is 47.8 Å². The zero-order chi connectivity index (χ0) is 16.9. The van der Waals surface area contributed by atoms with E-state index in [0.29, 0.717) is 19.1 Å². The first-order chi connectivity index (χ1) is 12.3. The van der Waals surface area contributed by atoms with Gasteiger partial charge >= 0.3 is 0 Å². The highest BCUT2D eigenvalue weighted by Gasteiger charge is 2.48. The van der Waals surface area contributed by atoms with Crippen LogP contribution in [0.2, 0.25) is 0 Å². The van der Waals surface area contributed by atoms with Crippen molar-refractivity contribution in [1.82, 2.24) is 14.9 Å². The van der Waals surface area contributed by atoms with Gasteiger partial charge in [-0.05, 0) is 19.3 Å². The van der Waals surface area contributed by atoms with Crippen molar-refractivity contribution in [2.24, 2.45) is 5.92 Å². The smallest absolute Gasteiger partial charge is 0.225 e. The molecule has 5 heteroatoms. The van der Waals surface area contributed by atoms with E-state index in [0.717, 1.165) is 55.0 Å². The first kappa shape index (κ1) is 15.0. The minimum absolute atomic E-state index is 0.176. The minimum Gasteiger partial charge on any atom is -0.376 e. The third kappa shape index (κ3) is 2.54. The summed E-state index contributed by atoms with van der Waals surface area (Å²) in [5, 5.41) is 0. The van der Waals surface area contributed by atoms with Crippen molar-refractivity contribution in [3.63, 3.8) is 0 Å². The molecule has 1 saturated heterocycles. The van der Waals surface area contributed by atoms with Crippen molar-refractivity contribution in [2.75, 3.05) is 19.7 Å². The molecular formula is C20H21N3O2. The number of hydrogen-bond donors (Lipinski definition) is 0. The highest BCUT2D eigenvalue weighted by molar-refractivity contribution is 5.81. The lowest BCUT2D eigenvalue weighted by Crippen LogP contribution is -2.42. The van der Waals surface area contributed by atoms with E-state index in [9.17, 15) is 4.79 Å². The molecule has 1 aromatic heterocycles.